The average molecular weight is 352 g/mol. The van der Waals surface area contributed by atoms with Gasteiger partial charge in [-0.15, -0.1) is 0 Å². The molecule has 7 heteroatoms. The van der Waals surface area contributed by atoms with E-state index < -0.39 is 0 Å². The summed E-state index contributed by atoms with van der Waals surface area (Å²) < 4.78 is 5.83. The van der Waals surface area contributed by atoms with Crippen molar-refractivity contribution in [2.45, 2.75) is 25.9 Å². The minimum atomic E-state index is 0.730. The van der Waals surface area contributed by atoms with Crippen molar-refractivity contribution in [3.8, 4) is 0 Å². The van der Waals surface area contributed by atoms with Gasteiger partial charge in [0.15, 0.2) is 10.4 Å². The second-order valence-corrected chi connectivity index (χ2v) is 5.92. The van der Waals surface area contributed by atoms with Crippen LogP contribution in [0.4, 0.5) is 0 Å². The molecule has 1 N–H and O–H groups in total. The van der Waals surface area contributed by atoms with Crippen LogP contribution in [-0.4, -0.2) is 24.1 Å². The summed E-state index contributed by atoms with van der Waals surface area (Å²) in [6.45, 7) is 1.86. The SMILES string of the molecule is S=c1[nH]c2cc(Br)cnc2n1CCCCn1ccnc1. The third-order valence-electron chi connectivity index (χ3n) is 3.18. The zero-order valence-electron chi connectivity index (χ0n) is 10.8. The number of H-pyrrole nitrogens is 1. The summed E-state index contributed by atoms with van der Waals surface area (Å²) in [5, 5.41) is 0. The maximum atomic E-state index is 5.36. The number of hydrogen-bond donors (Lipinski definition) is 1. The van der Waals surface area contributed by atoms with Crippen LogP contribution in [0.3, 0.4) is 0 Å². The number of imidazole rings is 2. The Morgan fingerprint density at radius 3 is 2.95 bits per heavy atom. The predicted molar refractivity (Wildman–Crippen MR) is 84.1 cm³/mol. The van der Waals surface area contributed by atoms with Gasteiger partial charge >= 0.3 is 0 Å². The Balaban J connectivity index is 1.68. The molecule has 3 heterocycles. The number of aromatic amines is 1. The van der Waals surface area contributed by atoms with E-state index in [4.69, 9.17) is 12.2 Å². The summed E-state index contributed by atoms with van der Waals surface area (Å²) >= 11 is 8.78. The largest absolute Gasteiger partial charge is 0.337 e. The first-order chi connectivity index (χ1) is 9.74. The molecule has 0 radical (unpaired) electrons. The van der Waals surface area contributed by atoms with Crippen LogP contribution in [0.15, 0.2) is 35.5 Å². The molecule has 0 aliphatic rings. The van der Waals surface area contributed by atoms with Crippen molar-refractivity contribution < 1.29 is 0 Å². The van der Waals surface area contributed by atoms with Crippen molar-refractivity contribution in [2.24, 2.45) is 0 Å². The average Bonchev–Trinajstić information content (AvgIpc) is 3.02. The van der Waals surface area contributed by atoms with Gasteiger partial charge in [-0.3, -0.25) is 0 Å². The van der Waals surface area contributed by atoms with E-state index in [0.29, 0.717) is 0 Å². The minimum absolute atomic E-state index is 0.730. The lowest BCUT2D eigenvalue weighted by molar-refractivity contribution is 0.555. The number of halogens is 1. The highest BCUT2D eigenvalue weighted by molar-refractivity contribution is 9.10. The number of rotatable bonds is 5. The first kappa shape index (κ1) is 13.5. The molecule has 0 fully saturated rings. The lowest BCUT2D eigenvalue weighted by Crippen LogP contribution is -2.01. The molecule has 0 bridgehead atoms. The molecule has 0 amide bonds. The smallest absolute Gasteiger partial charge is 0.179 e. The van der Waals surface area contributed by atoms with Gasteiger partial charge in [-0.2, -0.15) is 0 Å². The fourth-order valence-electron chi connectivity index (χ4n) is 2.21. The summed E-state index contributed by atoms with van der Waals surface area (Å²) in [5.74, 6) is 0. The van der Waals surface area contributed by atoms with Gasteiger partial charge in [0.25, 0.3) is 0 Å². The van der Waals surface area contributed by atoms with Crippen LogP contribution in [-0.2, 0) is 13.1 Å². The van der Waals surface area contributed by atoms with Crippen molar-refractivity contribution in [2.75, 3.05) is 0 Å². The second-order valence-electron chi connectivity index (χ2n) is 4.61. The Labute approximate surface area is 129 Å². The monoisotopic (exact) mass is 351 g/mol. The number of aryl methyl sites for hydroxylation is 2. The van der Waals surface area contributed by atoms with Gasteiger partial charge in [0.05, 0.1) is 11.8 Å². The van der Waals surface area contributed by atoms with Gasteiger partial charge in [-0.1, -0.05) is 0 Å². The van der Waals surface area contributed by atoms with Crippen LogP contribution >= 0.6 is 28.1 Å². The lowest BCUT2D eigenvalue weighted by atomic mass is 10.3. The Morgan fingerprint density at radius 2 is 2.15 bits per heavy atom. The molecule has 0 atom stereocenters. The Hall–Kier alpha value is -1.47. The molecule has 0 saturated carbocycles. The Bertz CT molecular complexity index is 759. The normalized spacial score (nSPS) is 11.2. The maximum absolute atomic E-state index is 5.36. The highest BCUT2D eigenvalue weighted by Gasteiger charge is 2.05. The first-order valence-electron chi connectivity index (χ1n) is 6.44. The van der Waals surface area contributed by atoms with Gasteiger partial charge in [-0.05, 0) is 47.1 Å². The summed E-state index contributed by atoms with van der Waals surface area (Å²) in [4.78, 5) is 11.7. The van der Waals surface area contributed by atoms with E-state index in [0.717, 1.165) is 46.3 Å². The number of pyridine rings is 1. The topological polar surface area (TPSA) is 51.4 Å². The zero-order chi connectivity index (χ0) is 13.9. The van der Waals surface area contributed by atoms with E-state index in [1.807, 2.05) is 18.6 Å². The molecule has 20 heavy (non-hydrogen) atoms. The minimum Gasteiger partial charge on any atom is -0.337 e. The van der Waals surface area contributed by atoms with Crippen LogP contribution in [0.25, 0.3) is 11.2 Å². The quantitative estimate of drug-likeness (QED) is 0.565. The molecule has 3 rings (SSSR count). The molecule has 0 unspecified atom stereocenters. The van der Waals surface area contributed by atoms with Crippen molar-refractivity contribution >= 4 is 39.3 Å². The third-order valence-corrected chi connectivity index (χ3v) is 3.94. The van der Waals surface area contributed by atoms with Gasteiger partial charge in [0.1, 0.15) is 0 Å². The number of unbranched alkanes of at least 4 members (excludes halogenated alkanes) is 1. The summed E-state index contributed by atoms with van der Waals surface area (Å²) in [6, 6.07) is 2.00. The third kappa shape index (κ3) is 2.83. The van der Waals surface area contributed by atoms with Crippen molar-refractivity contribution in [3.63, 3.8) is 0 Å². The summed E-state index contributed by atoms with van der Waals surface area (Å²) in [6.07, 6.45) is 9.57. The molecule has 0 saturated heterocycles. The van der Waals surface area contributed by atoms with Gasteiger partial charge in [0.2, 0.25) is 0 Å². The van der Waals surface area contributed by atoms with Crippen molar-refractivity contribution in [3.05, 3.63) is 40.2 Å². The van der Waals surface area contributed by atoms with Gasteiger partial charge in [-0.25, -0.2) is 9.97 Å². The first-order valence-corrected chi connectivity index (χ1v) is 7.64. The van der Waals surface area contributed by atoms with Crippen LogP contribution < -0.4 is 0 Å². The fourth-order valence-corrected chi connectivity index (χ4v) is 2.83. The summed E-state index contributed by atoms with van der Waals surface area (Å²) in [7, 11) is 0. The van der Waals surface area contributed by atoms with Crippen LogP contribution in [0.2, 0.25) is 0 Å². The van der Waals surface area contributed by atoms with E-state index in [-0.39, 0.29) is 0 Å². The van der Waals surface area contributed by atoms with Gasteiger partial charge < -0.3 is 14.1 Å². The van der Waals surface area contributed by atoms with E-state index >= 15 is 0 Å². The molecular formula is C13H14BrN5S. The predicted octanol–water partition coefficient (Wildman–Crippen LogP) is 3.53. The number of nitrogens with one attached hydrogen (secondary N) is 1. The van der Waals surface area contributed by atoms with Crippen LogP contribution in [0, 0.1) is 4.77 Å². The second kappa shape index (κ2) is 5.88. The molecule has 3 aromatic rings. The highest BCUT2D eigenvalue weighted by Crippen LogP contribution is 2.17. The van der Waals surface area contributed by atoms with E-state index in [9.17, 15) is 0 Å². The van der Waals surface area contributed by atoms with Crippen LogP contribution in [0.5, 0.6) is 0 Å². The van der Waals surface area contributed by atoms with E-state index in [1.54, 1.807) is 12.4 Å². The fraction of sp³-hybridized carbons (Fsp3) is 0.308. The molecular weight excluding hydrogens is 338 g/mol. The number of fused-ring (bicyclic) bond motifs is 1. The lowest BCUT2D eigenvalue weighted by Gasteiger charge is -2.04. The van der Waals surface area contributed by atoms with Crippen LogP contribution in [0.1, 0.15) is 12.8 Å². The highest BCUT2D eigenvalue weighted by atomic mass is 79.9. The molecule has 3 aromatic heterocycles. The van der Waals surface area contributed by atoms with Gasteiger partial charge in [0, 0.05) is 36.2 Å². The Kier molecular flexibility index (Phi) is 3.98. The number of hydrogen-bond acceptors (Lipinski definition) is 3. The summed E-state index contributed by atoms with van der Waals surface area (Å²) in [5.41, 5.74) is 1.89. The molecule has 0 aliphatic carbocycles. The standard InChI is InChI=1S/C13H14BrN5S/c14-10-7-11-12(16-8-10)19(13(20)17-11)5-2-1-4-18-6-3-15-9-18/h3,6-9H,1-2,4-5H2,(H,17,20). The molecule has 0 spiro atoms. The number of nitrogens with zero attached hydrogens (tertiary/aromatic N) is 4. The zero-order valence-corrected chi connectivity index (χ0v) is 13.2. The van der Waals surface area contributed by atoms with E-state index in [1.165, 1.54) is 0 Å². The maximum Gasteiger partial charge on any atom is 0.179 e. The molecule has 5 nitrogen and oxygen atoms in total. The van der Waals surface area contributed by atoms with Crippen molar-refractivity contribution in [1.29, 1.82) is 0 Å². The molecule has 0 aromatic carbocycles. The molecule has 104 valence electrons. The number of aromatic nitrogens is 5. The molecule has 0 aliphatic heterocycles. The van der Waals surface area contributed by atoms with Crippen molar-refractivity contribution in [1.82, 2.24) is 24.1 Å². The Morgan fingerprint density at radius 1 is 1.30 bits per heavy atom. The van der Waals surface area contributed by atoms with E-state index in [2.05, 4.69) is 40.0 Å².